The number of rotatable bonds is 2. The van der Waals surface area contributed by atoms with Crippen molar-refractivity contribution in [1.82, 2.24) is 0 Å². The molecule has 0 aliphatic heterocycles. The van der Waals surface area contributed by atoms with E-state index in [0.717, 1.165) is 12.0 Å². The van der Waals surface area contributed by atoms with Gasteiger partial charge in [0, 0.05) is 0 Å². The molecule has 0 saturated heterocycles. The van der Waals surface area contributed by atoms with Crippen LogP contribution in [0.3, 0.4) is 0 Å². The Kier molecular flexibility index (Phi) is 3.22. The van der Waals surface area contributed by atoms with Crippen molar-refractivity contribution in [2.75, 3.05) is 0 Å². The highest BCUT2D eigenvalue weighted by atomic mass is 16.3. The van der Waals surface area contributed by atoms with Crippen molar-refractivity contribution in [2.45, 2.75) is 46.5 Å². The summed E-state index contributed by atoms with van der Waals surface area (Å²) in [5, 5.41) is 18.8. The lowest BCUT2D eigenvalue weighted by Crippen LogP contribution is -2.24. The molecule has 0 aliphatic rings. The van der Waals surface area contributed by atoms with E-state index in [0.29, 0.717) is 0 Å². The van der Waals surface area contributed by atoms with Crippen molar-refractivity contribution in [3.63, 3.8) is 0 Å². The number of phenolic OH excluding ortho intramolecular Hbond substituents is 2. The summed E-state index contributed by atoms with van der Waals surface area (Å²) in [6.45, 7) is 10.9. The zero-order valence-corrected chi connectivity index (χ0v) is 10.8. The molecule has 0 spiro atoms. The smallest absolute Gasteiger partial charge is 0.157 e. The van der Waals surface area contributed by atoms with Crippen molar-refractivity contribution in [1.29, 1.82) is 0 Å². The second-order valence-electron chi connectivity index (χ2n) is 6.32. The maximum atomic E-state index is 9.51. The molecule has 0 saturated carbocycles. The number of phenols is 2. The van der Waals surface area contributed by atoms with Gasteiger partial charge in [0.1, 0.15) is 0 Å². The average molecular weight is 222 g/mol. The molecule has 2 N–H and O–H groups in total. The largest absolute Gasteiger partial charge is 0.504 e. The van der Waals surface area contributed by atoms with Gasteiger partial charge in [0.05, 0.1) is 0 Å². The molecule has 0 atom stereocenters. The monoisotopic (exact) mass is 222 g/mol. The van der Waals surface area contributed by atoms with Crippen LogP contribution in [-0.4, -0.2) is 10.2 Å². The number of hydrogen-bond donors (Lipinski definition) is 2. The minimum Gasteiger partial charge on any atom is -0.504 e. The van der Waals surface area contributed by atoms with E-state index < -0.39 is 0 Å². The van der Waals surface area contributed by atoms with E-state index in [1.807, 2.05) is 6.07 Å². The summed E-state index contributed by atoms with van der Waals surface area (Å²) < 4.78 is 0. The zero-order chi connectivity index (χ0) is 12.6. The Morgan fingerprint density at radius 2 is 1.50 bits per heavy atom. The van der Waals surface area contributed by atoms with Crippen LogP contribution in [0.4, 0.5) is 0 Å². The lowest BCUT2D eigenvalue weighted by Gasteiger charge is -2.33. The quantitative estimate of drug-likeness (QED) is 0.747. The van der Waals surface area contributed by atoms with E-state index in [1.54, 1.807) is 12.1 Å². The van der Waals surface area contributed by atoms with Gasteiger partial charge in [0.2, 0.25) is 0 Å². The van der Waals surface area contributed by atoms with E-state index in [2.05, 4.69) is 34.6 Å². The first-order valence-corrected chi connectivity index (χ1v) is 5.64. The molecule has 0 radical (unpaired) electrons. The van der Waals surface area contributed by atoms with Gasteiger partial charge < -0.3 is 10.2 Å². The van der Waals surface area contributed by atoms with Crippen LogP contribution in [-0.2, 0) is 5.41 Å². The minimum absolute atomic E-state index is 0.0105. The van der Waals surface area contributed by atoms with Gasteiger partial charge in [-0.3, -0.25) is 0 Å². The fraction of sp³-hybridized carbons (Fsp3) is 0.571. The number of aromatic hydroxyl groups is 2. The van der Waals surface area contributed by atoms with Gasteiger partial charge in [-0.25, -0.2) is 0 Å². The zero-order valence-electron chi connectivity index (χ0n) is 10.8. The van der Waals surface area contributed by atoms with E-state index in [4.69, 9.17) is 0 Å². The lowest BCUT2D eigenvalue weighted by atomic mass is 9.72. The molecule has 1 aromatic carbocycles. The summed E-state index contributed by atoms with van der Waals surface area (Å²) in [6.07, 6.45) is 1.02. The van der Waals surface area contributed by atoms with Gasteiger partial charge in [-0.2, -0.15) is 0 Å². The third-order valence-corrected chi connectivity index (χ3v) is 2.73. The van der Waals surface area contributed by atoms with Crippen LogP contribution < -0.4 is 0 Å². The van der Waals surface area contributed by atoms with Crippen molar-refractivity contribution in [3.8, 4) is 11.5 Å². The van der Waals surface area contributed by atoms with Gasteiger partial charge in [-0.15, -0.1) is 0 Å². The summed E-state index contributed by atoms with van der Waals surface area (Å²) >= 11 is 0. The van der Waals surface area contributed by atoms with Gasteiger partial charge in [-0.1, -0.05) is 40.7 Å². The fourth-order valence-electron chi connectivity index (χ4n) is 2.37. The highest BCUT2D eigenvalue weighted by molar-refractivity contribution is 5.42. The summed E-state index contributed by atoms with van der Waals surface area (Å²) in [4.78, 5) is 0. The standard InChI is InChI=1S/C14H22O2/c1-13(2,3)9-14(4,5)10-6-7-11(15)12(16)8-10/h6-8,15-16H,9H2,1-5H3. The topological polar surface area (TPSA) is 40.5 Å². The molecule has 0 bridgehead atoms. The van der Waals surface area contributed by atoms with Crippen LogP contribution in [0.1, 0.15) is 46.6 Å². The second-order valence-corrected chi connectivity index (χ2v) is 6.32. The Hall–Kier alpha value is -1.18. The third-order valence-electron chi connectivity index (χ3n) is 2.73. The third kappa shape index (κ3) is 3.16. The molecule has 0 unspecified atom stereocenters. The number of hydrogen-bond acceptors (Lipinski definition) is 2. The first-order valence-electron chi connectivity index (χ1n) is 5.64. The van der Waals surface area contributed by atoms with Crippen LogP contribution in [0.15, 0.2) is 18.2 Å². The second kappa shape index (κ2) is 4.00. The molecule has 0 amide bonds. The molecular formula is C14H22O2. The minimum atomic E-state index is -0.0599. The summed E-state index contributed by atoms with van der Waals surface area (Å²) in [5.74, 6) is -0.102. The van der Waals surface area contributed by atoms with Gasteiger partial charge in [0.25, 0.3) is 0 Å². The molecule has 1 aromatic rings. The van der Waals surface area contributed by atoms with Crippen molar-refractivity contribution < 1.29 is 10.2 Å². The van der Waals surface area contributed by atoms with Crippen LogP contribution in [0.2, 0.25) is 0 Å². The maximum Gasteiger partial charge on any atom is 0.157 e. The molecule has 1 rings (SSSR count). The molecule has 2 nitrogen and oxygen atoms in total. The van der Waals surface area contributed by atoms with E-state index in [1.165, 1.54) is 0 Å². The maximum absolute atomic E-state index is 9.51. The fourth-order valence-corrected chi connectivity index (χ4v) is 2.37. The summed E-state index contributed by atoms with van der Waals surface area (Å²) in [7, 11) is 0. The average Bonchev–Trinajstić information content (AvgIpc) is 2.05. The van der Waals surface area contributed by atoms with Gasteiger partial charge in [0.15, 0.2) is 11.5 Å². The molecule has 0 aromatic heterocycles. The summed E-state index contributed by atoms with van der Waals surface area (Å²) in [5.41, 5.74) is 1.28. The molecule has 0 heterocycles. The highest BCUT2D eigenvalue weighted by Crippen LogP contribution is 2.38. The molecular weight excluding hydrogens is 200 g/mol. The Morgan fingerprint density at radius 3 is 1.94 bits per heavy atom. The first-order chi connectivity index (χ1) is 7.12. The van der Waals surface area contributed by atoms with E-state index in [9.17, 15) is 10.2 Å². The Labute approximate surface area is 97.9 Å². The Morgan fingerprint density at radius 1 is 0.938 bits per heavy atom. The van der Waals surface area contributed by atoms with Crippen molar-refractivity contribution in [2.24, 2.45) is 5.41 Å². The number of benzene rings is 1. The van der Waals surface area contributed by atoms with Crippen LogP contribution >= 0.6 is 0 Å². The predicted octanol–water partition coefficient (Wildman–Crippen LogP) is 3.81. The molecule has 0 aliphatic carbocycles. The van der Waals surface area contributed by atoms with Gasteiger partial charge in [-0.05, 0) is 34.9 Å². The van der Waals surface area contributed by atoms with Gasteiger partial charge >= 0.3 is 0 Å². The van der Waals surface area contributed by atoms with Crippen LogP contribution in [0, 0.1) is 5.41 Å². The Balaban J connectivity index is 3.02. The normalized spacial score (nSPS) is 12.8. The lowest BCUT2D eigenvalue weighted by molar-refractivity contribution is 0.283. The SMILES string of the molecule is CC(C)(C)CC(C)(C)c1ccc(O)c(O)c1. The Bertz CT molecular complexity index is 373. The van der Waals surface area contributed by atoms with E-state index in [-0.39, 0.29) is 22.3 Å². The summed E-state index contributed by atoms with van der Waals surface area (Å²) in [6, 6.07) is 5.08. The van der Waals surface area contributed by atoms with Crippen LogP contribution in [0.25, 0.3) is 0 Å². The molecule has 90 valence electrons. The molecule has 2 heteroatoms. The predicted molar refractivity (Wildman–Crippen MR) is 66.9 cm³/mol. The van der Waals surface area contributed by atoms with Crippen molar-refractivity contribution in [3.05, 3.63) is 23.8 Å². The first kappa shape index (κ1) is 12.9. The molecule has 0 fully saturated rings. The van der Waals surface area contributed by atoms with E-state index >= 15 is 0 Å². The van der Waals surface area contributed by atoms with Crippen molar-refractivity contribution >= 4 is 0 Å². The highest BCUT2D eigenvalue weighted by Gasteiger charge is 2.27. The molecule has 16 heavy (non-hydrogen) atoms. The van der Waals surface area contributed by atoms with Crippen LogP contribution in [0.5, 0.6) is 11.5 Å².